The first-order valence-electron chi connectivity index (χ1n) is 5.77. The van der Waals surface area contributed by atoms with Crippen LogP contribution in [0.4, 0.5) is 0 Å². The molecule has 108 valence electrons. The Hall–Kier alpha value is -1.32. The average molecular weight is 314 g/mol. The lowest BCUT2D eigenvalue weighted by Gasteiger charge is -2.28. The van der Waals surface area contributed by atoms with Gasteiger partial charge in [0, 0.05) is 16.3 Å². The molecule has 8 heteroatoms. The largest absolute Gasteiger partial charge is 0.394 e. The van der Waals surface area contributed by atoms with Gasteiger partial charge in [-0.2, -0.15) is 11.3 Å². The molecule has 0 aliphatic heterocycles. The molecule has 2 aromatic heterocycles. The maximum atomic E-state index is 12.0. The lowest BCUT2D eigenvalue weighted by Crippen LogP contribution is -2.57. The van der Waals surface area contributed by atoms with E-state index in [4.69, 9.17) is 0 Å². The van der Waals surface area contributed by atoms with E-state index < -0.39 is 31.3 Å². The maximum Gasteiger partial charge on any atom is 0.271 e. The molecule has 2 heterocycles. The van der Waals surface area contributed by atoms with Crippen molar-refractivity contribution >= 4 is 28.6 Å². The van der Waals surface area contributed by atoms with Gasteiger partial charge < -0.3 is 20.6 Å². The van der Waals surface area contributed by atoms with E-state index in [-0.39, 0.29) is 5.69 Å². The summed E-state index contributed by atoms with van der Waals surface area (Å²) in [5, 5.41) is 36.1. The number of carbonyl (C=O) groups excluding carboxylic acids is 1. The summed E-state index contributed by atoms with van der Waals surface area (Å²) in [4.78, 5) is 16.2. The van der Waals surface area contributed by atoms with Gasteiger partial charge >= 0.3 is 0 Å². The van der Waals surface area contributed by atoms with Crippen LogP contribution >= 0.6 is 22.7 Å². The molecule has 0 fully saturated rings. The van der Waals surface area contributed by atoms with Crippen LogP contribution in [-0.4, -0.2) is 51.6 Å². The van der Waals surface area contributed by atoms with Gasteiger partial charge in [0.15, 0.2) is 0 Å². The van der Waals surface area contributed by atoms with Crippen molar-refractivity contribution < 1.29 is 20.1 Å². The van der Waals surface area contributed by atoms with Crippen molar-refractivity contribution in [2.75, 3.05) is 19.8 Å². The third-order valence-electron chi connectivity index (χ3n) is 2.79. The number of nitrogens with one attached hydrogen (secondary N) is 1. The number of thiophene rings is 1. The number of nitrogens with zero attached hydrogens (tertiary/aromatic N) is 1. The Morgan fingerprint density at radius 3 is 2.50 bits per heavy atom. The number of amides is 1. The third-order valence-corrected chi connectivity index (χ3v) is 4.37. The lowest BCUT2D eigenvalue weighted by molar-refractivity contribution is 0.0373. The summed E-state index contributed by atoms with van der Waals surface area (Å²) < 4.78 is 0. The Morgan fingerprint density at radius 1 is 1.25 bits per heavy atom. The molecular formula is C12H14N2O4S2. The molecule has 20 heavy (non-hydrogen) atoms. The second-order valence-corrected chi connectivity index (χ2v) is 5.90. The molecule has 6 nitrogen and oxygen atoms in total. The monoisotopic (exact) mass is 314 g/mol. The Balaban J connectivity index is 2.14. The molecule has 0 aliphatic carbocycles. The van der Waals surface area contributed by atoms with Gasteiger partial charge in [0.25, 0.3) is 5.91 Å². The SMILES string of the molecule is O=C(NC(CO)(CO)CO)c1csc(-c2ccsc2)n1. The molecule has 0 unspecified atom stereocenters. The van der Waals surface area contributed by atoms with E-state index in [0.717, 1.165) is 10.6 Å². The number of hydrogen-bond donors (Lipinski definition) is 4. The van der Waals surface area contributed by atoms with Crippen LogP contribution in [0.2, 0.25) is 0 Å². The van der Waals surface area contributed by atoms with E-state index in [1.807, 2.05) is 16.8 Å². The Morgan fingerprint density at radius 2 is 1.95 bits per heavy atom. The molecule has 0 aromatic carbocycles. The maximum absolute atomic E-state index is 12.0. The minimum Gasteiger partial charge on any atom is -0.394 e. The normalized spacial score (nSPS) is 11.6. The fourth-order valence-corrected chi connectivity index (χ4v) is 2.98. The first-order valence-corrected chi connectivity index (χ1v) is 7.59. The van der Waals surface area contributed by atoms with E-state index in [0.29, 0.717) is 0 Å². The molecule has 2 aromatic rings. The predicted molar refractivity (Wildman–Crippen MR) is 76.9 cm³/mol. The first-order chi connectivity index (χ1) is 9.64. The van der Waals surface area contributed by atoms with Crippen LogP contribution in [0.15, 0.2) is 22.2 Å². The third kappa shape index (κ3) is 3.05. The lowest BCUT2D eigenvalue weighted by atomic mass is 10.0. The van der Waals surface area contributed by atoms with Gasteiger partial charge in [0.05, 0.1) is 19.8 Å². The van der Waals surface area contributed by atoms with E-state index in [9.17, 15) is 20.1 Å². The Labute approximate surface area is 123 Å². The van der Waals surface area contributed by atoms with Crippen molar-refractivity contribution in [3.8, 4) is 10.6 Å². The summed E-state index contributed by atoms with van der Waals surface area (Å²) in [6.07, 6.45) is 0. The summed E-state index contributed by atoms with van der Waals surface area (Å²) in [5.41, 5.74) is -0.309. The van der Waals surface area contributed by atoms with Crippen LogP contribution in [0.25, 0.3) is 10.6 Å². The molecule has 0 spiro atoms. The number of rotatable bonds is 6. The van der Waals surface area contributed by atoms with Crippen molar-refractivity contribution in [1.29, 1.82) is 0 Å². The smallest absolute Gasteiger partial charge is 0.271 e. The van der Waals surface area contributed by atoms with E-state index in [1.165, 1.54) is 22.7 Å². The van der Waals surface area contributed by atoms with Crippen molar-refractivity contribution in [2.24, 2.45) is 0 Å². The van der Waals surface area contributed by atoms with E-state index in [1.54, 1.807) is 5.38 Å². The minimum absolute atomic E-state index is 0.191. The van der Waals surface area contributed by atoms with Gasteiger partial charge in [-0.05, 0) is 11.4 Å². The molecule has 0 atom stereocenters. The fraction of sp³-hybridized carbons (Fsp3) is 0.333. The highest BCUT2D eigenvalue weighted by atomic mass is 32.1. The van der Waals surface area contributed by atoms with Gasteiger partial charge in [-0.15, -0.1) is 11.3 Å². The van der Waals surface area contributed by atoms with Crippen molar-refractivity contribution in [3.05, 3.63) is 27.9 Å². The molecule has 0 bridgehead atoms. The highest BCUT2D eigenvalue weighted by Gasteiger charge is 2.31. The molecule has 0 aliphatic rings. The topological polar surface area (TPSA) is 103 Å². The van der Waals surface area contributed by atoms with Gasteiger partial charge in [-0.1, -0.05) is 0 Å². The first kappa shape index (κ1) is 15.1. The van der Waals surface area contributed by atoms with Crippen molar-refractivity contribution in [1.82, 2.24) is 10.3 Å². The predicted octanol–water partition coefficient (Wildman–Crippen LogP) is 0.317. The van der Waals surface area contributed by atoms with Crippen LogP contribution < -0.4 is 5.32 Å². The summed E-state index contributed by atoms with van der Waals surface area (Å²) >= 11 is 2.87. The van der Waals surface area contributed by atoms with Crippen molar-refractivity contribution in [2.45, 2.75) is 5.54 Å². The quantitative estimate of drug-likeness (QED) is 0.615. The molecule has 0 saturated carbocycles. The van der Waals surface area contributed by atoms with E-state index >= 15 is 0 Å². The van der Waals surface area contributed by atoms with Crippen LogP contribution in [0.5, 0.6) is 0 Å². The number of aromatic nitrogens is 1. The van der Waals surface area contributed by atoms with Crippen LogP contribution in [-0.2, 0) is 0 Å². The molecule has 2 rings (SSSR count). The van der Waals surface area contributed by atoms with Crippen LogP contribution in [0, 0.1) is 0 Å². The Bertz CT molecular complexity index is 556. The highest BCUT2D eigenvalue weighted by Crippen LogP contribution is 2.25. The Kier molecular flexibility index (Phi) is 4.84. The summed E-state index contributed by atoms with van der Waals surface area (Å²) in [6.45, 7) is -1.69. The van der Waals surface area contributed by atoms with Crippen LogP contribution in [0.3, 0.4) is 0 Å². The summed E-state index contributed by atoms with van der Waals surface area (Å²) in [6, 6.07) is 1.91. The van der Waals surface area contributed by atoms with Gasteiger partial charge in [-0.25, -0.2) is 4.98 Å². The number of thiazole rings is 1. The summed E-state index contributed by atoms with van der Waals surface area (Å²) in [7, 11) is 0. The average Bonchev–Trinajstić information content (AvgIpc) is 3.14. The fourth-order valence-electron chi connectivity index (χ4n) is 1.47. The molecule has 1 amide bonds. The van der Waals surface area contributed by atoms with E-state index in [2.05, 4.69) is 10.3 Å². The zero-order chi connectivity index (χ0) is 14.6. The van der Waals surface area contributed by atoms with Crippen LogP contribution in [0.1, 0.15) is 10.5 Å². The minimum atomic E-state index is -1.44. The van der Waals surface area contributed by atoms with Crippen molar-refractivity contribution in [3.63, 3.8) is 0 Å². The zero-order valence-corrected chi connectivity index (χ0v) is 12.1. The molecular weight excluding hydrogens is 300 g/mol. The molecule has 0 radical (unpaired) electrons. The second-order valence-electron chi connectivity index (χ2n) is 4.26. The number of hydrogen-bond acceptors (Lipinski definition) is 7. The van der Waals surface area contributed by atoms with Gasteiger partial charge in [-0.3, -0.25) is 4.79 Å². The summed E-state index contributed by atoms with van der Waals surface area (Å²) in [5.74, 6) is -0.542. The highest BCUT2D eigenvalue weighted by molar-refractivity contribution is 7.14. The van der Waals surface area contributed by atoms with Gasteiger partial charge in [0.2, 0.25) is 0 Å². The number of aliphatic hydroxyl groups is 3. The number of aliphatic hydroxyl groups excluding tert-OH is 3. The molecule has 0 saturated heterocycles. The van der Waals surface area contributed by atoms with Gasteiger partial charge in [0.1, 0.15) is 16.2 Å². The standard InChI is InChI=1S/C12H14N2O4S2/c15-5-12(6-16,7-17)14-10(18)9-4-20-11(13-9)8-1-2-19-3-8/h1-4,15-17H,5-7H2,(H,14,18). The number of carbonyl (C=O) groups is 1. The zero-order valence-electron chi connectivity index (χ0n) is 10.4. The second kappa shape index (κ2) is 6.42. The molecule has 4 N–H and O–H groups in total.